The first-order valence-electron chi connectivity index (χ1n) is 7.97. The van der Waals surface area contributed by atoms with Gasteiger partial charge in [0.15, 0.2) is 5.82 Å². The minimum atomic E-state index is -0.184. The minimum Gasteiger partial charge on any atom is -0.352 e. The van der Waals surface area contributed by atoms with Gasteiger partial charge in [0.2, 0.25) is 5.91 Å². The number of nitrogens with one attached hydrogen (secondary N) is 1. The van der Waals surface area contributed by atoms with Crippen molar-refractivity contribution in [3.63, 3.8) is 0 Å². The molecule has 2 aromatic rings. The summed E-state index contributed by atoms with van der Waals surface area (Å²) >= 11 is 3.49. The van der Waals surface area contributed by atoms with Crippen molar-refractivity contribution in [1.82, 2.24) is 15.5 Å². The second-order valence-electron chi connectivity index (χ2n) is 6.41. The standard InChI is InChI=1S/C17H21BrN4O/c1-10(2)20-17(23)15-7-4-11(3)22(15)16-14-6-5-13(18)8-12(14)9-19-21-16/h5-6,8-11,15H,4,7H2,1-3H3,(H,20,23). The Bertz CT molecular complexity index is 734. The van der Waals surface area contributed by atoms with Gasteiger partial charge in [-0.15, -0.1) is 5.10 Å². The number of hydrogen-bond acceptors (Lipinski definition) is 4. The highest BCUT2D eigenvalue weighted by Crippen LogP contribution is 2.34. The molecule has 1 aliphatic heterocycles. The van der Waals surface area contributed by atoms with E-state index in [4.69, 9.17) is 0 Å². The molecule has 6 heteroatoms. The summed E-state index contributed by atoms with van der Waals surface area (Å²) in [6, 6.07) is 6.27. The van der Waals surface area contributed by atoms with Crippen molar-refractivity contribution in [1.29, 1.82) is 0 Å². The number of amides is 1. The molecule has 23 heavy (non-hydrogen) atoms. The SMILES string of the molecule is CC(C)NC(=O)C1CCC(C)N1c1nncc2cc(Br)ccc12. The van der Waals surface area contributed by atoms with Crippen LogP contribution in [0, 0.1) is 0 Å². The molecule has 1 aromatic heterocycles. The van der Waals surface area contributed by atoms with Crippen molar-refractivity contribution in [2.75, 3.05) is 4.90 Å². The Morgan fingerprint density at radius 1 is 1.39 bits per heavy atom. The predicted octanol–water partition coefficient (Wildman–Crippen LogP) is 3.27. The Hall–Kier alpha value is -1.69. The van der Waals surface area contributed by atoms with Gasteiger partial charge < -0.3 is 10.2 Å². The fourth-order valence-corrected chi connectivity index (χ4v) is 3.59. The molecule has 122 valence electrons. The summed E-state index contributed by atoms with van der Waals surface area (Å²) in [5.41, 5.74) is 0. The number of benzene rings is 1. The molecule has 0 bridgehead atoms. The Labute approximate surface area is 144 Å². The maximum Gasteiger partial charge on any atom is 0.242 e. The number of hydrogen-bond donors (Lipinski definition) is 1. The van der Waals surface area contributed by atoms with E-state index in [1.165, 1.54) is 0 Å². The van der Waals surface area contributed by atoms with Gasteiger partial charge in [0.25, 0.3) is 0 Å². The number of anilines is 1. The molecule has 3 rings (SSSR count). The number of carbonyl (C=O) groups is 1. The molecule has 1 fully saturated rings. The Morgan fingerprint density at radius 2 is 2.17 bits per heavy atom. The third-order valence-electron chi connectivity index (χ3n) is 4.25. The molecule has 1 aromatic carbocycles. The molecule has 1 saturated heterocycles. The van der Waals surface area contributed by atoms with Gasteiger partial charge in [-0.25, -0.2) is 0 Å². The van der Waals surface area contributed by atoms with Gasteiger partial charge in [-0.2, -0.15) is 5.10 Å². The average molecular weight is 377 g/mol. The van der Waals surface area contributed by atoms with Crippen LogP contribution < -0.4 is 10.2 Å². The van der Waals surface area contributed by atoms with Crippen LogP contribution in [0.2, 0.25) is 0 Å². The summed E-state index contributed by atoms with van der Waals surface area (Å²) in [6.07, 6.45) is 3.58. The second kappa shape index (κ2) is 6.43. The van der Waals surface area contributed by atoms with Crippen LogP contribution in [-0.4, -0.2) is 34.2 Å². The van der Waals surface area contributed by atoms with Crippen molar-refractivity contribution >= 4 is 38.4 Å². The van der Waals surface area contributed by atoms with Gasteiger partial charge in [-0.3, -0.25) is 4.79 Å². The van der Waals surface area contributed by atoms with Crippen LogP contribution in [-0.2, 0) is 4.79 Å². The van der Waals surface area contributed by atoms with Gasteiger partial charge in [0, 0.05) is 27.3 Å². The Kier molecular flexibility index (Phi) is 4.53. The molecule has 0 radical (unpaired) electrons. The first-order valence-corrected chi connectivity index (χ1v) is 8.76. The monoisotopic (exact) mass is 376 g/mol. The fraction of sp³-hybridized carbons (Fsp3) is 0.471. The zero-order chi connectivity index (χ0) is 16.6. The van der Waals surface area contributed by atoms with Crippen LogP contribution in [0.5, 0.6) is 0 Å². The van der Waals surface area contributed by atoms with Gasteiger partial charge in [0.05, 0.1) is 6.20 Å². The molecule has 0 aliphatic carbocycles. The first-order chi connectivity index (χ1) is 11.0. The third kappa shape index (κ3) is 3.17. The number of fused-ring (bicyclic) bond motifs is 1. The van der Waals surface area contributed by atoms with Crippen LogP contribution >= 0.6 is 15.9 Å². The van der Waals surface area contributed by atoms with E-state index < -0.39 is 0 Å². The molecular formula is C17H21BrN4O. The van der Waals surface area contributed by atoms with E-state index in [-0.39, 0.29) is 24.0 Å². The molecule has 1 aliphatic rings. The first kappa shape index (κ1) is 16.2. The topological polar surface area (TPSA) is 58.1 Å². The fourth-order valence-electron chi connectivity index (χ4n) is 3.21. The highest BCUT2D eigenvalue weighted by atomic mass is 79.9. The van der Waals surface area contributed by atoms with E-state index in [9.17, 15) is 4.79 Å². The van der Waals surface area contributed by atoms with Gasteiger partial charge in [0.1, 0.15) is 6.04 Å². The van der Waals surface area contributed by atoms with E-state index in [0.29, 0.717) is 0 Å². The van der Waals surface area contributed by atoms with Crippen LogP contribution in [0.25, 0.3) is 10.8 Å². The van der Waals surface area contributed by atoms with Crippen molar-refractivity contribution in [3.05, 3.63) is 28.9 Å². The number of nitrogens with zero attached hydrogens (tertiary/aromatic N) is 3. The van der Waals surface area contributed by atoms with E-state index in [2.05, 4.69) is 43.3 Å². The number of aromatic nitrogens is 2. The van der Waals surface area contributed by atoms with E-state index in [1.807, 2.05) is 32.0 Å². The summed E-state index contributed by atoms with van der Waals surface area (Å²) in [7, 11) is 0. The number of carbonyl (C=O) groups excluding carboxylic acids is 1. The summed E-state index contributed by atoms with van der Waals surface area (Å²) in [4.78, 5) is 14.7. The van der Waals surface area contributed by atoms with Crippen LogP contribution in [0.15, 0.2) is 28.9 Å². The second-order valence-corrected chi connectivity index (χ2v) is 7.33. The smallest absolute Gasteiger partial charge is 0.242 e. The highest BCUT2D eigenvalue weighted by Gasteiger charge is 2.37. The highest BCUT2D eigenvalue weighted by molar-refractivity contribution is 9.10. The van der Waals surface area contributed by atoms with Crippen molar-refractivity contribution in [2.24, 2.45) is 0 Å². The maximum absolute atomic E-state index is 12.6. The quantitative estimate of drug-likeness (QED) is 0.892. The largest absolute Gasteiger partial charge is 0.352 e. The van der Waals surface area contributed by atoms with Crippen LogP contribution in [0.4, 0.5) is 5.82 Å². The molecule has 0 saturated carbocycles. The van der Waals surface area contributed by atoms with Gasteiger partial charge >= 0.3 is 0 Å². The molecule has 2 heterocycles. The lowest BCUT2D eigenvalue weighted by Crippen LogP contribution is -2.47. The normalized spacial score (nSPS) is 21.2. The van der Waals surface area contributed by atoms with Crippen molar-refractivity contribution < 1.29 is 4.79 Å². The van der Waals surface area contributed by atoms with E-state index in [1.54, 1.807) is 6.20 Å². The summed E-state index contributed by atoms with van der Waals surface area (Å²) in [5.74, 6) is 0.865. The molecule has 5 nitrogen and oxygen atoms in total. The van der Waals surface area contributed by atoms with Crippen molar-refractivity contribution in [2.45, 2.75) is 51.7 Å². The minimum absolute atomic E-state index is 0.0697. The van der Waals surface area contributed by atoms with Crippen LogP contribution in [0.1, 0.15) is 33.6 Å². The number of halogens is 1. The Balaban J connectivity index is 2.03. The molecule has 0 spiro atoms. The van der Waals surface area contributed by atoms with E-state index in [0.717, 1.165) is 33.9 Å². The van der Waals surface area contributed by atoms with Crippen LogP contribution in [0.3, 0.4) is 0 Å². The summed E-state index contributed by atoms with van der Waals surface area (Å²) in [5, 5.41) is 13.6. The zero-order valence-corrected chi connectivity index (χ0v) is 15.2. The molecule has 2 atom stereocenters. The predicted molar refractivity (Wildman–Crippen MR) is 95.5 cm³/mol. The zero-order valence-electron chi connectivity index (χ0n) is 13.6. The molecule has 1 amide bonds. The lowest BCUT2D eigenvalue weighted by atomic mass is 10.1. The maximum atomic E-state index is 12.6. The third-order valence-corrected chi connectivity index (χ3v) is 4.74. The lowest BCUT2D eigenvalue weighted by Gasteiger charge is -2.29. The van der Waals surface area contributed by atoms with Gasteiger partial charge in [-0.05, 0) is 51.8 Å². The molecule has 1 N–H and O–H groups in total. The molecular weight excluding hydrogens is 356 g/mol. The van der Waals surface area contributed by atoms with E-state index >= 15 is 0 Å². The average Bonchev–Trinajstić information content (AvgIpc) is 2.87. The lowest BCUT2D eigenvalue weighted by molar-refractivity contribution is -0.122. The van der Waals surface area contributed by atoms with Gasteiger partial charge in [-0.1, -0.05) is 15.9 Å². The number of rotatable bonds is 3. The Morgan fingerprint density at radius 3 is 2.91 bits per heavy atom. The van der Waals surface area contributed by atoms with Crippen molar-refractivity contribution in [3.8, 4) is 0 Å². The summed E-state index contributed by atoms with van der Waals surface area (Å²) in [6.45, 7) is 6.10. The molecule has 2 unspecified atom stereocenters. The summed E-state index contributed by atoms with van der Waals surface area (Å²) < 4.78 is 1.01.